The van der Waals surface area contributed by atoms with Gasteiger partial charge in [-0.15, -0.1) is 0 Å². The highest BCUT2D eigenvalue weighted by atomic mass is 32.2. The maximum Gasteiger partial charge on any atom is 0.243 e. The molecule has 0 bridgehead atoms. The monoisotopic (exact) mass is 456 g/mol. The van der Waals surface area contributed by atoms with Crippen molar-refractivity contribution in [2.45, 2.75) is 32.2 Å². The highest BCUT2D eigenvalue weighted by molar-refractivity contribution is 7.89. The molecule has 2 N–H and O–H groups in total. The van der Waals surface area contributed by atoms with Gasteiger partial charge in [0.15, 0.2) is 0 Å². The van der Waals surface area contributed by atoms with Crippen LogP contribution in [0.15, 0.2) is 59.6 Å². The van der Waals surface area contributed by atoms with E-state index in [0.717, 1.165) is 21.8 Å². The number of carbonyl (C=O) groups is 2. The third-order valence-corrected chi connectivity index (χ3v) is 6.68. The molecular formula is C23H28N4O4S. The minimum Gasteiger partial charge on any atom is -0.347 e. The van der Waals surface area contributed by atoms with E-state index in [0.29, 0.717) is 17.3 Å². The highest BCUT2D eigenvalue weighted by Crippen LogP contribution is 2.22. The quantitative estimate of drug-likeness (QED) is 0.542. The van der Waals surface area contributed by atoms with E-state index in [1.165, 1.54) is 38.2 Å². The van der Waals surface area contributed by atoms with Crippen molar-refractivity contribution in [3.8, 4) is 0 Å². The summed E-state index contributed by atoms with van der Waals surface area (Å²) in [7, 11) is -2.50. The highest BCUT2D eigenvalue weighted by Gasteiger charge is 2.23. The van der Waals surface area contributed by atoms with Gasteiger partial charge in [0.25, 0.3) is 0 Å². The van der Waals surface area contributed by atoms with Crippen LogP contribution in [0.4, 0.5) is 11.4 Å². The van der Waals surface area contributed by atoms with Crippen LogP contribution >= 0.6 is 0 Å². The van der Waals surface area contributed by atoms with E-state index in [4.69, 9.17) is 0 Å². The molecule has 32 heavy (non-hydrogen) atoms. The largest absolute Gasteiger partial charge is 0.347 e. The van der Waals surface area contributed by atoms with E-state index >= 15 is 0 Å². The van der Waals surface area contributed by atoms with Gasteiger partial charge in [0, 0.05) is 49.0 Å². The maximum atomic E-state index is 12.8. The number of anilines is 2. The van der Waals surface area contributed by atoms with Gasteiger partial charge in [-0.05, 0) is 54.4 Å². The van der Waals surface area contributed by atoms with Gasteiger partial charge in [0.2, 0.25) is 21.8 Å². The summed E-state index contributed by atoms with van der Waals surface area (Å²) in [6.45, 7) is 6.26. The van der Waals surface area contributed by atoms with Crippen molar-refractivity contribution in [2.24, 2.45) is 5.92 Å². The fourth-order valence-electron chi connectivity index (χ4n) is 3.41. The van der Waals surface area contributed by atoms with E-state index in [2.05, 4.69) is 29.0 Å². The fraction of sp³-hybridized carbons (Fsp3) is 0.304. The number of nitrogens with one attached hydrogen (secondary N) is 2. The zero-order chi connectivity index (χ0) is 23.5. The number of rotatable bonds is 8. The van der Waals surface area contributed by atoms with Gasteiger partial charge < -0.3 is 15.2 Å². The van der Waals surface area contributed by atoms with Gasteiger partial charge in [0.05, 0.1) is 11.4 Å². The number of hydrogen-bond donors (Lipinski definition) is 2. The summed E-state index contributed by atoms with van der Waals surface area (Å²) in [5.74, 6) is -0.167. The first-order valence-electron chi connectivity index (χ1n) is 10.3. The van der Waals surface area contributed by atoms with E-state index in [1.807, 2.05) is 30.5 Å². The molecule has 0 radical (unpaired) electrons. The Kier molecular flexibility index (Phi) is 7.00. The van der Waals surface area contributed by atoms with Gasteiger partial charge in [-0.2, -0.15) is 4.31 Å². The van der Waals surface area contributed by atoms with Crippen LogP contribution in [-0.4, -0.2) is 42.7 Å². The van der Waals surface area contributed by atoms with Crippen molar-refractivity contribution in [3.63, 3.8) is 0 Å². The normalized spacial score (nSPS) is 11.8. The lowest BCUT2D eigenvalue weighted by atomic mass is 10.2. The number of fused-ring (bicyclic) bond motifs is 1. The average molecular weight is 457 g/mol. The Morgan fingerprint density at radius 1 is 1.00 bits per heavy atom. The zero-order valence-electron chi connectivity index (χ0n) is 18.6. The topological polar surface area (TPSA) is 101 Å². The van der Waals surface area contributed by atoms with E-state index in [1.54, 1.807) is 0 Å². The molecule has 2 aromatic carbocycles. The summed E-state index contributed by atoms with van der Waals surface area (Å²) in [5, 5.41) is 6.35. The number of likely N-dealkylation sites (N-methyl/N-ethyl adjacent to an activating group) is 1. The second kappa shape index (κ2) is 9.54. The molecular weight excluding hydrogens is 428 g/mol. The molecule has 0 spiro atoms. The Morgan fingerprint density at radius 2 is 1.66 bits per heavy atom. The Labute approximate surface area is 188 Å². The number of aromatic nitrogens is 1. The van der Waals surface area contributed by atoms with E-state index < -0.39 is 15.9 Å². The Bertz CT molecular complexity index is 1230. The van der Waals surface area contributed by atoms with Crippen LogP contribution in [-0.2, 0) is 26.2 Å². The number of carbonyl (C=O) groups excluding carboxylic acids is 2. The van der Waals surface area contributed by atoms with Gasteiger partial charge in [-0.1, -0.05) is 13.8 Å². The lowest BCUT2D eigenvalue weighted by Gasteiger charge is -2.17. The van der Waals surface area contributed by atoms with Crippen molar-refractivity contribution in [1.29, 1.82) is 0 Å². The number of nitrogens with zero attached hydrogens (tertiary/aromatic N) is 2. The molecule has 170 valence electrons. The first-order valence-corrected chi connectivity index (χ1v) is 11.7. The molecule has 0 saturated carbocycles. The Hall–Kier alpha value is -3.17. The molecule has 0 aliphatic rings. The summed E-state index contributed by atoms with van der Waals surface area (Å²) in [4.78, 5) is 23.6. The zero-order valence-corrected chi connectivity index (χ0v) is 19.4. The molecule has 0 aliphatic heterocycles. The molecule has 9 heteroatoms. The SMILES string of the molecule is CC(=O)Nc1ccc(S(=O)(=O)N(C)CC(=O)Nc2ccc3c(ccn3CC(C)C)c2)cc1. The predicted molar refractivity (Wildman–Crippen MR) is 126 cm³/mol. The molecule has 0 saturated heterocycles. The van der Waals surface area contributed by atoms with Gasteiger partial charge in [-0.25, -0.2) is 8.42 Å². The molecule has 1 heterocycles. The number of sulfonamides is 1. The molecule has 1 aromatic heterocycles. The fourth-order valence-corrected chi connectivity index (χ4v) is 4.54. The van der Waals surface area contributed by atoms with Crippen molar-refractivity contribution < 1.29 is 18.0 Å². The Morgan fingerprint density at radius 3 is 2.28 bits per heavy atom. The van der Waals surface area contributed by atoms with Crippen LogP contribution in [0.3, 0.4) is 0 Å². The lowest BCUT2D eigenvalue weighted by Crippen LogP contribution is -2.34. The van der Waals surface area contributed by atoms with Gasteiger partial charge in [0.1, 0.15) is 0 Å². The van der Waals surface area contributed by atoms with Crippen LogP contribution in [0.2, 0.25) is 0 Å². The summed E-state index contributed by atoms with van der Waals surface area (Å²) >= 11 is 0. The molecule has 3 aromatic rings. The van der Waals surface area contributed by atoms with Crippen molar-refractivity contribution in [3.05, 3.63) is 54.7 Å². The number of benzene rings is 2. The smallest absolute Gasteiger partial charge is 0.243 e. The maximum absolute atomic E-state index is 12.8. The van der Waals surface area contributed by atoms with Crippen molar-refractivity contribution in [1.82, 2.24) is 8.87 Å². The second-order valence-corrected chi connectivity index (χ2v) is 10.2. The summed E-state index contributed by atoms with van der Waals surface area (Å²) < 4.78 is 28.7. The molecule has 2 amide bonds. The van der Waals surface area contributed by atoms with Crippen LogP contribution in [0.5, 0.6) is 0 Å². The van der Waals surface area contributed by atoms with E-state index in [9.17, 15) is 18.0 Å². The third-order valence-electron chi connectivity index (χ3n) is 4.87. The molecule has 0 unspecified atom stereocenters. The summed E-state index contributed by atoms with van der Waals surface area (Å²) in [6.07, 6.45) is 2.02. The lowest BCUT2D eigenvalue weighted by molar-refractivity contribution is -0.116. The average Bonchev–Trinajstić information content (AvgIpc) is 3.09. The molecule has 0 fully saturated rings. The molecule has 0 atom stereocenters. The van der Waals surface area contributed by atoms with Crippen molar-refractivity contribution in [2.75, 3.05) is 24.2 Å². The second-order valence-electron chi connectivity index (χ2n) is 8.15. The molecule has 3 rings (SSSR count). The first kappa shape index (κ1) is 23.5. The molecule has 8 nitrogen and oxygen atoms in total. The summed E-state index contributed by atoms with van der Waals surface area (Å²) in [6, 6.07) is 13.4. The van der Waals surface area contributed by atoms with Crippen LogP contribution in [0, 0.1) is 5.92 Å². The standard InChI is InChI=1S/C23H28N4O4S/c1-16(2)14-27-12-11-18-13-20(7-10-22(18)27)25-23(29)15-26(4)32(30,31)21-8-5-19(6-9-21)24-17(3)28/h5-13,16H,14-15H2,1-4H3,(H,24,28)(H,25,29). The predicted octanol–water partition coefficient (Wildman–Crippen LogP) is 3.51. The van der Waals surface area contributed by atoms with Crippen LogP contribution < -0.4 is 10.6 Å². The number of amides is 2. The summed E-state index contributed by atoms with van der Waals surface area (Å²) in [5.41, 5.74) is 2.18. The third kappa shape index (κ3) is 5.54. The first-order chi connectivity index (χ1) is 15.1. The van der Waals surface area contributed by atoms with Crippen molar-refractivity contribution >= 4 is 44.1 Å². The minimum absolute atomic E-state index is 0.0369. The Balaban J connectivity index is 1.66. The van der Waals surface area contributed by atoms with Crippen LogP contribution in [0.25, 0.3) is 10.9 Å². The van der Waals surface area contributed by atoms with Gasteiger partial charge in [-0.3, -0.25) is 9.59 Å². The van der Waals surface area contributed by atoms with Gasteiger partial charge >= 0.3 is 0 Å². The number of hydrogen-bond acceptors (Lipinski definition) is 4. The van der Waals surface area contributed by atoms with Crippen LogP contribution in [0.1, 0.15) is 20.8 Å². The van der Waals surface area contributed by atoms with E-state index in [-0.39, 0.29) is 17.3 Å². The molecule has 0 aliphatic carbocycles. The minimum atomic E-state index is -3.86.